The Morgan fingerprint density at radius 2 is 2.29 bits per heavy atom. The lowest BCUT2D eigenvalue weighted by Gasteiger charge is -2.17. The van der Waals surface area contributed by atoms with Crippen molar-refractivity contribution in [3.05, 3.63) is 36.4 Å². The van der Waals surface area contributed by atoms with Gasteiger partial charge in [-0.1, -0.05) is 18.2 Å². The van der Waals surface area contributed by atoms with Crippen molar-refractivity contribution >= 4 is 23.4 Å². The molecule has 1 unspecified atom stereocenters. The molecule has 1 N–H and O–H groups in total. The van der Waals surface area contributed by atoms with Crippen molar-refractivity contribution < 1.29 is 4.79 Å². The van der Waals surface area contributed by atoms with E-state index < -0.39 is 0 Å². The van der Waals surface area contributed by atoms with Crippen LogP contribution < -0.4 is 5.32 Å². The first-order chi connectivity index (χ1) is 8.29. The molecule has 2 rings (SSSR count). The number of allylic oxidation sites excluding steroid dienone is 2. The molecule has 1 aliphatic rings. The third-order valence-corrected chi connectivity index (χ3v) is 3.70. The number of nitrogens with one attached hydrogen (secondary N) is 1. The fraction of sp³-hybridized carbons (Fsp3) is 0.357. The molecule has 0 spiro atoms. The van der Waals surface area contributed by atoms with Gasteiger partial charge in [0.2, 0.25) is 5.91 Å². The molecule has 0 heterocycles. The van der Waals surface area contributed by atoms with Crippen LogP contribution in [0.5, 0.6) is 0 Å². The Hall–Kier alpha value is -1.22. The first-order valence-electron chi connectivity index (χ1n) is 5.89. The average Bonchev–Trinajstić information content (AvgIpc) is 2.40. The van der Waals surface area contributed by atoms with Crippen LogP contribution in [0.1, 0.15) is 19.3 Å². The summed E-state index contributed by atoms with van der Waals surface area (Å²) in [5.41, 5.74) is 0.899. The highest BCUT2D eigenvalue weighted by Crippen LogP contribution is 2.22. The second-order valence-corrected chi connectivity index (χ2v) is 5.08. The van der Waals surface area contributed by atoms with Gasteiger partial charge in [0.1, 0.15) is 0 Å². The fourth-order valence-corrected chi connectivity index (χ4v) is 2.44. The number of hydrogen-bond acceptors (Lipinski definition) is 2. The summed E-state index contributed by atoms with van der Waals surface area (Å²) in [6.45, 7) is 0. The summed E-state index contributed by atoms with van der Waals surface area (Å²) in [6.07, 6.45) is 9.14. The summed E-state index contributed by atoms with van der Waals surface area (Å²) in [7, 11) is 0. The van der Waals surface area contributed by atoms with E-state index in [1.165, 1.54) is 4.90 Å². The van der Waals surface area contributed by atoms with E-state index >= 15 is 0 Å². The van der Waals surface area contributed by atoms with Crippen LogP contribution in [-0.2, 0) is 4.79 Å². The van der Waals surface area contributed by atoms with Gasteiger partial charge in [0.15, 0.2) is 0 Å². The zero-order chi connectivity index (χ0) is 12.1. The molecular formula is C14H17NOS. The quantitative estimate of drug-likeness (QED) is 0.651. The molecule has 90 valence electrons. The largest absolute Gasteiger partial charge is 0.326 e. The Kier molecular flexibility index (Phi) is 4.26. The summed E-state index contributed by atoms with van der Waals surface area (Å²) < 4.78 is 0. The van der Waals surface area contributed by atoms with Crippen LogP contribution in [0.3, 0.4) is 0 Å². The van der Waals surface area contributed by atoms with Crippen LogP contribution >= 0.6 is 11.8 Å². The van der Waals surface area contributed by atoms with Gasteiger partial charge in [-0.15, -0.1) is 11.8 Å². The second-order valence-electron chi connectivity index (χ2n) is 4.20. The molecule has 1 aromatic carbocycles. The predicted molar refractivity (Wildman–Crippen MR) is 73.3 cm³/mol. The topological polar surface area (TPSA) is 29.1 Å². The van der Waals surface area contributed by atoms with Crippen LogP contribution in [-0.4, -0.2) is 12.2 Å². The summed E-state index contributed by atoms with van der Waals surface area (Å²) >= 11 is 1.68. The van der Waals surface area contributed by atoms with Crippen LogP contribution in [0, 0.1) is 5.92 Å². The lowest BCUT2D eigenvalue weighted by Crippen LogP contribution is -2.23. The Balaban J connectivity index is 1.99. The normalized spacial score (nSPS) is 19.0. The van der Waals surface area contributed by atoms with E-state index in [0.717, 1.165) is 24.9 Å². The molecule has 1 aromatic rings. The molecular weight excluding hydrogens is 230 g/mol. The number of benzene rings is 1. The third kappa shape index (κ3) is 3.37. The zero-order valence-corrected chi connectivity index (χ0v) is 10.8. The molecule has 0 saturated heterocycles. The van der Waals surface area contributed by atoms with E-state index in [1.807, 2.05) is 30.5 Å². The van der Waals surface area contributed by atoms with E-state index in [-0.39, 0.29) is 11.8 Å². The number of amides is 1. The zero-order valence-electron chi connectivity index (χ0n) is 9.98. The van der Waals surface area contributed by atoms with Crippen LogP contribution in [0.25, 0.3) is 0 Å². The maximum absolute atomic E-state index is 12.0. The molecule has 1 atom stereocenters. The smallest absolute Gasteiger partial charge is 0.227 e. The molecule has 0 radical (unpaired) electrons. The van der Waals surface area contributed by atoms with Crippen LogP contribution in [0.15, 0.2) is 41.3 Å². The highest BCUT2D eigenvalue weighted by molar-refractivity contribution is 7.98. The van der Waals surface area contributed by atoms with Crippen LogP contribution in [0.4, 0.5) is 5.69 Å². The average molecular weight is 247 g/mol. The minimum absolute atomic E-state index is 0.137. The van der Waals surface area contributed by atoms with E-state index in [0.29, 0.717) is 0 Å². The first kappa shape index (κ1) is 12.2. The molecule has 1 aliphatic carbocycles. The van der Waals surface area contributed by atoms with Gasteiger partial charge in [0, 0.05) is 16.5 Å². The Morgan fingerprint density at radius 3 is 3.00 bits per heavy atom. The van der Waals surface area contributed by atoms with E-state index in [1.54, 1.807) is 11.8 Å². The highest BCUT2D eigenvalue weighted by Gasteiger charge is 2.18. The van der Waals surface area contributed by atoms with Crippen LogP contribution in [0.2, 0.25) is 0 Å². The van der Waals surface area contributed by atoms with Crippen molar-refractivity contribution in [1.29, 1.82) is 0 Å². The number of anilines is 1. The summed E-state index contributed by atoms with van der Waals surface area (Å²) in [5.74, 6) is 0.283. The molecule has 0 aromatic heterocycles. The Bertz CT molecular complexity index is 428. The van der Waals surface area contributed by atoms with Gasteiger partial charge in [-0.25, -0.2) is 0 Å². The van der Waals surface area contributed by atoms with Gasteiger partial charge in [-0.05, 0) is 43.7 Å². The minimum Gasteiger partial charge on any atom is -0.326 e. The molecule has 0 bridgehead atoms. The predicted octanol–water partition coefficient (Wildman–Crippen LogP) is 3.70. The summed E-state index contributed by atoms with van der Waals surface area (Å²) in [4.78, 5) is 13.2. The first-order valence-corrected chi connectivity index (χ1v) is 7.12. The van der Waals surface area contributed by atoms with Crippen molar-refractivity contribution in [2.45, 2.75) is 24.2 Å². The van der Waals surface area contributed by atoms with Crippen molar-refractivity contribution in [3.8, 4) is 0 Å². The van der Waals surface area contributed by atoms with Crippen molar-refractivity contribution in [1.82, 2.24) is 0 Å². The van der Waals surface area contributed by atoms with E-state index in [2.05, 4.69) is 17.5 Å². The fourth-order valence-electron chi connectivity index (χ4n) is 1.98. The molecule has 2 nitrogen and oxygen atoms in total. The van der Waals surface area contributed by atoms with E-state index in [4.69, 9.17) is 0 Å². The number of thioether (sulfide) groups is 1. The maximum atomic E-state index is 12.0. The number of carbonyl (C=O) groups is 1. The van der Waals surface area contributed by atoms with Gasteiger partial charge in [-0.3, -0.25) is 4.79 Å². The number of hydrogen-bond donors (Lipinski definition) is 1. The number of rotatable bonds is 3. The molecule has 0 fully saturated rings. The number of carbonyl (C=O) groups excluding carboxylic acids is 1. The lowest BCUT2D eigenvalue weighted by molar-refractivity contribution is -0.120. The van der Waals surface area contributed by atoms with Gasteiger partial charge >= 0.3 is 0 Å². The monoisotopic (exact) mass is 247 g/mol. The standard InChI is InChI=1S/C14H17NOS/c1-17-13-9-5-8-12(10-13)15-14(16)11-6-3-2-4-7-11/h2-3,5,8-11H,4,6-7H2,1H3,(H,15,16). The minimum atomic E-state index is 0.137. The van der Waals surface area contributed by atoms with Gasteiger partial charge in [0.05, 0.1) is 0 Å². The summed E-state index contributed by atoms with van der Waals surface area (Å²) in [6, 6.07) is 7.98. The maximum Gasteiger partial charge on any atom is 0.227 e. The Labute approximate surface area is 106 Å². The molecule has 0 saturated carbocycles. The van der Waals surface area contributed by atoms with Gasteiger partial charge < -0.3 is 5.32 Å². The van der Waals surface area contributed by atoms with Crippen molar-refractivity contribution in [2.24, 2.45) is 5.92 Å². The summed E-state index contributed by atoms with van der Waals surface area (Å²) in [5, 5.41) is 3.00. The second kappa shape index (κ2) is 5.92. The van der Waals surface area contributed by atoms with E-state index in [9.17, 15) is 4.79 Å². The molecule has 17 heavy (non-hydrogen) atoms. The Morgan fingerprint density at radius 1 is 1.41 bits per heavy atom. The third-order valence-electron chi connectivity index (χ3n) is 2.98. The molecule has 3 heteroatoms. The molecule has 1 amide bonds. The van der Waals surface area contributed by atoms with Crippen molar-refractivity contribution in [2.75, 3.05) is 11.6 Å². The van der Waals surface area contributed by atoms with Gasteiger partial charge in [-0.2, -0.15) is 0 Å². The lowest BCUT2D eigenvalue weighted by atomic mass is 9.93. The SMILES string of the molecule is CSc1cccc(NC(=O)C2CC=CCC2)c1. The highest BCUT2D eigenvalue weighted by atomic mass is 32.2. The van der Waals surface area contributed by atoms with Crippen molar-refractivity contribution in [3.63, 3.8) is 0 Å². The molecule has 0 aliphatic heterocycles. The van der Waals surface area contributed by atoms with Gasteiger partial charge in [0.25, 0.3) is 0 Å².